The van der Waals surface area contributed by atoms with Crippen LogP contribution in [0.4, 0.5) is 10.5 Å². The van der Waals surface area contributed by atoms with Gasteiger partial charge in [0.2, 0.25) is 0 Å². The Kier molecular flexibility index (Phi) is 4.99. The first kappa shape index (κ1) is 18.7. The molecule has 0 radical (unpaired) electrons. The molecule has 0 aliphatic carbocycles. The van der Waals surface area contributed by atoms with Gasteiger partial charge in [0.05, 0.1) is 22.9 Å². The normalized spacial score (nSPS) is 13.1. The van der Waals surface area contributed by atoms with Gasteiger partial charge in [-0.15, -0.1) is 0 Å². The monoisotopic (exact) mass is 392 g/mol. The highest BCUT2D eigenvalue weighted by Crippen LogP contribution is 2.27. The highest BCUT2D eigenvalue weighted by Gasteiger charge is 2.27. The largest absolute Gasteiger partial charge is 0.445 e. The maximum atomic E-state index is 12.5. The molecule has 148 valence electrons. The van der Waals surface area contributed by atoms with Crippen LogP contribution in [0.2, 0.25) is 0 Å². The van der Waals surface area contributed by atoms with Gasteiger partial charge >= 0.3 is 6.09 Å². The molecule has 8 heteroatoms. The number of hydrogen-bond acceptors (Lipinski definition) is 5. The van der Waals surface area contributed by atoms with Crippen LogP contribution in [0.3, 0.4) is 0 Å². The number of carbonyl (C=O) groups is 1. The van der Waals surface area contributed by atoms with E-state index in [-0.39, 0.29) is 18.4 Å². The van der Waals surface area contributed by atoms with E-state index in [9.17, 15) is 14.9 Å². The number of aromatic nitrogens is 2. The smallest absolute Gasteiger partial charge is 0.410 e. The third-order valence-electron chi connectivity index (χ3n) is 5.06. The highest BCUT2D eigenvalue weighted by molar-refractivity contribution is 5.68. The minimum absolute atomic E-state index is 0.0417. The van der Waals surface area contributed by atoms with Gasteiger partial charge in [0.15, 0.2) is 0 Å². The molecule has 2 aromatic carbocycles. The maximum absolute atomic E-state index is 12.5. The highest BCUT2D eigenvalue weighted by atomic mass is 16.6. The zero-order valence-corrected chi connectivity index (χ0v) is 15.9. The third kappa shape index (κ3) is 3.82. The van der Waals surface area contributed by atoms with Crippen molar-refractivity contribution in [1.29, 1.82) is 0 Å². The summed E-state index contributed by atoms with van der Waals surface area (Å²) in [5.41, 5.74) is 3.67. The first-order chi connectivity index (χ1) is 14.0. The standard InChI is InChI=1S/C21H20N4O4/c1-23-19-13-24(21(26)29-14-15-5-3-2-4-6-15)12-11-18(19)22-20(23)16-7-9-17(10-8-16)25(27)28/h2-10H,11-14H2,1H3. The molecule has 29 heavy (non-hydrogen) atoms. The molecule has 0 N–H and O–H groups in total. The quantitative estimate of drug-likeness (QED) is 0.499. The Bertz CT molecular complexity index is 1040. The van der Waals surface area contributed by atoms with Gasteiger partial charge in [0.1, 0.15) is 12.4 Å². The summed E-state index contributed by atoms with van der Waals surface area (Å²) in [6.07, 6.45) is 0.286. The molecule has 0 atom stereocenters. The predicted octanol–water partition coefficient (Wildman–Crippen LogP) is 3.69. The summed E-state index contributed by atoms with van der Waals surface area (Å²) in [6, 6.07) is 15.9. The van der Waals surface area contributed by atoms with Crippen LogP contribution < -0.4 is 0 Å². The van der Waals surface area contributed by atoms with Gasteiger partial charge < -0.3 is 14.2 Å². The van der Waals surface area contributed by atoms with Crippen molar-refractivity contribution in [2.24, 2.45) is 7.05 Å². The van der Waals surface area contributed by atoms with Gasteiger partial charge in [-0.3, -0.25) is 10.1 Å². The summed E-state index contributed by atoms with van der Waals surface area (Å²) in [5, 5.41) is 10.9. The average molecular weight is 392 g/mol. The summed E-state index contributed by atoms with van der Waals surface area (Å²) in [5.74, 6) is 0.726. The minimum Gasteiger partial charge on any atom is -0.445 e. The Morgan fingerprint density at radius 3 is 2.59 bits per heavy atom. The summed E-state index contributed by atoms with van der Waals surface area (Å²) >= 11 is 0. The van der Waals surface area contributed by atoms with E-state index in [2.05, 4.69) is 0 Å². The SMILES string of the molecule is Cn1c(-c2ccc([N+](=O)[O-])cc2)nc2c1CN(C(=O)OCc1ccccc1)CC2. The number of imidazole rings is 1. The third-order valence-corrected chi connectivity index (χ3v) is 5.06. The maximum Gasteiger partial charge on any atom is 0.410 e. The fourth-order valence-corrected chi connectivity index (χ4v) is 3.44. The number of non-ortho nitro benzene ring substituents is 1. The summed E-state index contributed by atoms with van der Waals surface area (Å²) in [4.78, 5) is 29.3. The van der Waals surface area contributed by atoms with Crippen LogP contribution in [0.15, 0.2) is 54.6 Å². The van der Waals surface area contributed by atoms with Crippen LogP contribution in [0.5, 0.6) is 0 Å². The molecule has 0 bridgehead atoms. The van der Waals surface area contributed by atoms with E-state index in [0.29, 0.717) is 19.5 Å². The number of ether oxygens (including phenoxy) is 1. The molecule has 1 aliphatic heterocycles. The summed E-state index contributed by atoms with van der Waals surface area (Å²) < 4.78 is 7.38. The lowest BCUT2D eigenvalue weighted by molar-refractivity contribution is -0.384. The van der Waals surface area contributed by atoms with Crippen LogP contribution in [0.25, 0.3) is 11.4 Å². The lowest BCUT2D eigenvalue weighted by Crippen LogP contribution is -2.37. The molecule has 0 spiro atoms. The van der Waals surface area contributed by atoms with E-state index in [4.69, 9.17) is 9.72 Å². The summed E-state index contributed by atoms with van der Waals surface area (Å²) in [6.45, 7) is 1.19. The molecule has 0 fully saturated rings. The Labute approximate surface area is 167 Å². The molecule has 0 saturated heterocycles. The van der Waals surface area contributed by atoms with Crippen molar-refractivity contribution in [3.8, 4) is 11.4 Å². The number of hydrogen-bond donors (Lipinski definition) is 0. The molecular weight excluding hydrogens is 372 g/mol. The van der Waals surface area contributed by atoms with Crippen LogP contribution in [-0.4, -0.2) is 32.0 Å². The topological polar surface area (TPSA) is 90.5 Å². The van der Waals surface area contributed by atoms with Crippen molar-refractivity contribution in [1.82, 2.24) is 14.5 Å². The van der Waals surface area contributed by atoms with Gasteiger partial charge in [-0.1, -0.05) is 30.3 Å². The predicted molar refractivity (Wildman–Crippen MR) is 106 cm³/mol. The van der Waals surface area contributed by atoms with Crippen molar-refractivity contribution in [3.63, 3.8) is 0 Å². The molecular formula is C21H20N4O4. The zero-order valence-electron chi connectivity index (χ0n) is 15.9. The van der Waals surface area contributed by atoms with E-state index in [0.717, 1.165) is 28.3 Å². The van der Waals surface area contributed by atoms with Crippen molar-refractivity contribution in [2.45, 2.75) is 19.6 Å². The molecule has 4 rings (SSSR count). The Morgan fingerprint density at radius 2 is 1.90 bits per heavy atom. The van der Waals surface area contributed by atoms with Crippen LogP contribution in [0.1, 0.15) is 17.0 Å². The zero-order chi connectivity index (χ0) is 20.4. The molecule has 1 aliphatic rings. The fraction of sp³-hybridized carbons (Fsp3) is 0.238. The lowest BCUT2D eigenvalue weighted by atomic mass is 10.1. The second kappa shape index (κ2) is 7.75. The van der Waals surface area contributed by atoms with Crippen LogP contribution >= 0.6 is 0 Å². The first-order valence-corrected chi connectivity index (χ1v) is 9.28. The number of fused-ring (bicyclic) bond motifs is 1. The second-order valence-corrected chi connectivity index (χ2v) is 6.90. The first-order valence-electron chi connectivity index (χ1n) is 9.28. The Balaban J connectivity index is 1.48. The molecule has 1 amide bonds. The van der Waals surface area contributed by atoms with E-state index in [1.807, 2.05) is 41.9 Å². The fourth-order valence-electron chi connectivity index (χ4n) is 3.44. The van der Waals surface area contributed by atoms with E-state index < -0.39 is 4.92 Å². The van der Waals surface area contributed by atoms with E-state index in [1.165, 1.54) is 12.1 Å². The number of nitro benzene ring substituents is 1. The molecule has 0 unspecified atom stereocenters. The molecule has 1 aromatic heterocycles. The number of benzene rings is 2. The number of nitrogens with zero attached hydrogens (tertiary/aromatic N) is 4. The molecule has 8 nitrogen and oxygen atoms in total. The van der Waals surface area contributed by atoms with Crippen LogP contribution in [0, 0.1) is 10.1 Å². The van der Waals surface area contributed by atoms with Gasteiger partial charge in [-0.2, -0.15) is 0 Å². The summed E-state index contributed by atoms with van der Waals surface area (Å²) in [7, 11) is 1.89. The molecule has 3 aromatic rings. The number of nitro groups is 1. The molecule has 0 saturated carbocycles. The lowest BCUT2D eigenvalue weighted by Gasteiger charge is -2.26. The average Bonchev–Trinajstić information content (AvgIpc) is 3.08. The van der Waals surface area contributed by atoms with Gasteiger partial charge in [-0.05, 0) is 17.7 Å². The van der Waals surface area contributed by atoms with Gasteiger partial charge in [-0.25, -0.2) is 9.78 Å². The van der Waals surface area contributed by atoms with Crippen molar-refractivity contribution in [3.05, 3.63) is 81.7 Å². The van der Waals surface area contributed by atoms with Crippen molar-refractivity contribution >= 4 is 11.8 Å². The van der Waals surface area contributed by atoms with E-state index in [1.54, 1.807) is 17.0 Å². The van der Waals surface area contributed by atoms with Crippen molar-refractivity contribution < 1.29 is 14.5 Å². The van der Waals surface area contributed by atoms with Crippen molar-refractivity contribution in [2.75, 3.05) is 6.54 Å². The van der Waals surface area contributed by atoms with Gasteiger partial charge in [0, 0.05) is 37.7 Å². The molecule has 2 heterocycles. The van der Waals surface area contributed by atoms with Crippen LogP contribution in [-0.2, 0) is 31.4 Å². The number of amides is 1. The minimum atomic E-state index is -0.424. The van der Waals surface area contributed by atoms with Gasteiger partial charge in [0.25, 0.3) is 5.69 Å². The Morgan fingerprint density at radius 1 is 1.17 bits per heavy atom. The Hall–Kier alpha value is -3.68. The number of carbonyl (C=O) groups excluding carboxylic acids is 1. The number of rotatable bonds is 4. The second-order valence-electron chi connectivity index (χ2n) is 6.90. The van der Waals surface area contributed by atoms with E-state index >= 15 is 0 Å².